The quantitative estimate of drug-likeness (QED) is 0.304. The summed E-state index contributed by atoms with van der Waals surface area (Å²) in [5.74, 6) is 1.38. The van der Waals surface area contributed by atoms with E-state index in [1.165, 1.54) is 89.1 Å². The smallest absolute Gasteiger partial charge is 0.0951 e. The van der Waals surface area contributed by atoms with Crippen molar-refractivity contribution in [1.29, 1.82) is 0 Å². The van der Waals surface area contributed by atoms with E-state index in [0.29, 0.717) is 11.8 Å². The van der Waals surface area contributed by atoms with Crippen LogP contribution in [0.1, 0.15) is 111 Å². The van der Waals surface area contributed by atoms with Gasteiger partial charge in [-0.2, -0.15) is 0 Å². The lowest BCUT2D eigenvalue weighted by Gasteiger charge is -2.35. The predicted molar refractivity (Wildman–Crippen MR) is 110 cm³/mol. The summed E-state index contributed by atoms with van der Waals surface area (Å²) in [6, 6.07) is 0. The van der Waals surface area contributed by atoms with Gasteiger partial charge in [-0.3, -0.25) is 0 Å². The van der Waals surface area contributed by atoms with Crippen LogP contribution < -0.4 is 0 Å². The molecule has 0 aromatic carbocycles. The Hall–Kier alpha value is 0.230. The third-order valence-corrected chi connectivity index (χ3v) is 10.0. The highest BCUT2D eigenvalue weighted by atomic mass is 31.2. The molecule has 0 amide bonds. The molecule has 1 aliphatic carbocycles. The van der Waals surface area contributed by atoms with Crippen LogP contribution in [0.4, 0.5) is 0 Å². The summed E-state index contributed by atoms with van der Waals surface area (Å²) in [7, 11) is -2.10. The molecule has 0 saturated heterocycles. The largest absolute Gasteiger partial charge is 0.323 e. The molecule has 1 fully saturated rings. The molecule has 1 saturated carbocycles. The minimum Gasteiger partial charge on any atom is -0.323 e. The first kappa shape index (κ1) is 22.3. The minimum absolute atomic E-state index is 0.689. The zero-order valence-electron chi connectivity index (χ0n) is 17.1. The molecule has 0 spiro atoms. The Balaban J connectivity index is 2.82. The molecular weight excluding hydrogens is 311 g/mol. The van der Waals surface area contributed by atoms with Gasteiger partial charge in [0.25, 0.3) is 0 Å². The van der Waals surface area contributed by atoms with Gasteiger partial charge >= 0.3 is 0 Å². The van der Waals surface area contributed by atoms with Gasteiger partial charge in [0.05, 0.1) is 7.14 Å². The zero-order chi connectivity index (χ0) is 17.8. The van der Waals surface area contributed by atoms with E-state index in [0.717, 1.165) is 12.3 Å². The van der Waals surface area contributed by atoms with Crippen molar-refractivity contribution in [3.05, 3.63) is 5.66 Å². The maximum atomic E-state index is 14.2. The molecule has 0 bridgehead atoms. The monoisotopic (exact) mass is 355 g/mol. The van der Waals surface area contributed by atoms with E-state index in [2.05, 4.69) is 27.7 Å². The molecule has 1 nitrogen and oxygen atoms in total. The highest BCUT2D eigenvalue weighted by Crippen LogP contribution is 2.63. The summed E-state index contributed by atoms with van der Waals surface area (Å²) < 4.78 is 14.2. The Labute approximate surface area is 153 Å². The van der Waals surface area contributed by atoms with Crippen molar-refractivity contribution in [2.75, 3.05) is 12.3 Å². The summed E-state index contributed by atoms with van der Waals surface area (Å²) in [4.78, 5) is 0. The van der Waals surface area contributed by atoms with Gasteiger partial charge in [-0.1, -0.05) is 98.3 Å². The number of unbranched alkanes of at least 4 members (excludes halogenated alkanes) is 2. The minimum atomic E-state index is -2.10. The first-order valence-electron chi connectivity index (χ1n) is 11.0. The summed E-state index contributed by atoms with van der Waals surface area (Å²) in [6.07, 6.45) is 18.5. The van der Waals surface area contributed by atoms with Crippen molar-refractivity contribution < 1.29 is 4.57 Å². The molecule has 0 heterocycles. The van der Waals surface area contributed by atoms with Gasteiger partial charge in [0.1, 0.15) is 0 Å². The zero-order valence-corrected chi connectivity index (χ0v) is 18.0. The van der Waals surface area contributed by atoms with Gasteiger partial charge < -0.3 is 4.57 Å². The Morgan fingerprint density at radius 3 is 1.62 bits per heavy atom. The van der Waals surface area contributed by atoms with Crippen LogP contribution in [0.5, 0.6) is 0 Å². The van der Waals surface area contributed by atoms with Gasteiger partial charge in [-0.05, 0) is 24.7 Å². The van der Waals surface area contributed by atoms with Crippen LogP contribution in [0.3, 0.4) is 0 Å². The van der Waals surface area contributed by atoms with Crippen LogP contribution in [-0.4, -0.2) is 12.3 Å². The first-order chi connectivity index (χ1) is 11.6. The van der Waals surface area contributed by atoms with Crippen molar-refractivity contribution in [2.45, 2.75) is 111 Å². The lowest BCUT2D eigenvalue weighted by molar-refractivity contribution is 0.456. The lowest BCUT2D eigenvalue weighted by Crippen LogP contribution is -2.19. The fraction of sp³-hybridized carbons (Fsp3) is 0.955. The van der Waals surface area contributed by atoms with E-state index in [1.807, 2.05) is 0 Å². The second-order valence-corrected chi connectivity index (χ2v) is 11.4. The SMILES string of the molecule is CCCCC(CC)CP(=O)(CC(CC)CCCC)[C]1CCCCC1. The Bertz CT molecular complexity index is 324. The summed E-state index contributed by atoms with van der Waals surface area (Å²) in [6.45, 7) is 9.18. The molecule has 143 valence electrons. The fourth-order valence-electron chi connectivity index (χ4n) is 4.37. The molecule has 0 N–H and O–H groups in total. The van der Waals surface area contributed by atoms with E-state index in [4.69, 9.17) is 0 Å². The normalized spacial score (nSPS) is 21.3. The maximum absolute atomic E-state index is 14.2. The molecule has 1 rings (SSSR count). The fourth-order valence-corrected chi connectivity index (χ4v) is 8.72. The van der Waals surface area contributed by atoms with E-state index in [9.17, 15) is 4.57 Å². The number of hydrogen-bond acceptors (Lipinski definition) is 1. The van der Waals surface area contributed by atoms with E-state index in [-0.39, 0.29) is 0 Å². The van der Waals surface area contributed by atoms with Crippen LogP contribution in [0.15, 0.2) is 0 Å². The first-order valence-corrected chi connectivity index (χ1v) is 13.1. The Morgan fingerprint density at radius 1 is 0.792 bits per heavy atom. The van der Waals surface area contributed by atoms with Crippen LogP contribution in [0.25, 0.3) is 0 Å². The average molecular weight is 356 g/mol. The molecular formula is C22H44OP. The molecule has 0 aliphatic heterocycles. The van der Waals surface area contributed by atoms with Crippen molar-refractivity contribution in [1.82, 2.24) is 0 Å². The molecule has 2 unspecified atom stereocenters. The lowest BCUT2D eigenvalue weighted by atomic mass is 10.00. The van der Waals surface area contributed by atoms with Crippen LogP contribution >= 0.6 is 7.14 Å². The highest BCUT2D eigenvalue weighted by Gasteiger charge is 2.37. The van der Waals surface area contributed by atoms with Gasteiger partial charge in [-0.25, -0.2) is 0 Å². The van der Waals surface area contributed by atoms with Crippen LogP contribution in [0, 0.1) is 17.5 Å². The Morgan fingerprint density at radius 2 is 1.25 bits per heavy atom. The number of rotatable bonds is 13. The van der Waals surface area contributed by atoms with E-state index >= 15 is 0 Å². The van der Waals surface area contributed by atoms with Crippen molar-refractivity contribution in [3.63, 3.8) is 0 Å². The maximum Gasteiger partial charge on any atom is 0.0951 e. The van der Waals surface area contributed by atoms with Gasteiger partial charge in [0.15, 0.2) is 0 Å². The van der Waals surface area contributed by atoms with Crippen molar-refractivity contribution in [3.8, 4) is 0 Å². The molecule has 0 aromatic heterocycles. The summed E-state index contributed by atoms with van der Waals surface area (Å²) in [5, 5.41) is 0. The number of hydrogen-bond donors (Lipinski definition) is 0. The van der Waals surface area contributed by atoms with E-state index in [1.54, 1.807) is 0 Å². The molecule has 0 aromatic rings. The van der Waals surface area contributed by atoms with Crippen LogP contribution in [-0.2, 0) is 4.57 Å². The second kappa shape index (κ2) is 12.6. The van der Waals surface area contributed by atoms with Crippen LogP contribution in [0.2, 0.25) is 0 Å². The molecule has 24 heavy (non-hydrogen) atoms. The van der Waals surface area contributed by atoms with Gasteiger partial charge in [0, 0.05) is 18.0 Å². The summed E-state index contributed by atoms with van der Waals surface area (Å²) in [5.41, 5.74) is 1.51. The molecule has 2 heteroatoms. The summed E-state index contributed by atoms with van der Waals surface area (Å²) >= 11 is 0. The predicted octanol–water partition coefficient (Wildman–Crippen LogP) is 8.28. The average Bonchev–Trinajstić information content (AvgIpc) is 2.62. The topological polar surface area (TPSA) is 17.1 Å². The third kappa shape index (κ3) is 7.63. The molecule has 2 atom stereocenters. The molecule has 1 aliphatic rings. The molecule has 1 radical (unpaired) electrons. The van der Waals surface area contributed by atoms with Gasteiger partial charge in [0.2, 0.25) is 0 Å². The Kier molecular flexibility index (Phi) is 11.7. The van der Waals surface area contributed by atoms with Gasteiger partial charge in [-0.15, -0.1) is 0 Å². The second-order valence-electron chi connectivity index (χ2n) is 8.21. The third-order valence-electron chi connectivity index (χ3n) is 6.20. The van der Waals surface area contributed by atoms with E-state index < -0.39 is 7.14 Å². The van der Waals surface area contributed by atoms with Crippen molar-refractivity contribution in [2.24, 2.45) is 11.8 Å². The highest BCUT2D eigenvalue weighted by molar-refractivity contribution is 7.67. The standard InChI is InChI=1S/C22H44OP/c1-5-9-14-20(7-3)18-24(23,22-16-12-11-13-17-22)19-21(8-4)15-10-6-2/h20-21H,5-19H2,1-4H3. The van der Waals surface area contributed by atoms with Crippen molar-refractivity contribution >= 4 is 7.14 Å².